The number of carbonyl (C=O) groups excluding carboxylic acids is 2. The first-order valence-corrected chi connectivity index (χ1v) is 8.56. The zero-order valence-electron chi connectivity index (χ0n) is 14.6. The van der Waals surface area contributed by atoms with Crippen molar-refractivity contribution in [3.8, 4) is 0 Å². The van der Waals surface area contributed by atoms with Crippen LogP contribution in [-0.4, -0.2) is 24.6 Å². The lowest BCUT2D eigenvalue weighted by atomic mass is 10.1. The molecule has 0 aliphatic heterocycles. The normalized spacial score (nSPS) is 11.4. The van der Waals surface area contributed by atoms with Gasteiger partial charge in [0.15, 0.2) is 0 Å². The minimum atomic E-state index is -0.708. The average Bonchev–Trinajstić information content (AvgIpc) is 2.69. The van der Waals surface area contributed by atoms with E-state index < -0.39 is 18.1 Å². The fraction of sp³-hybridized carbons (Fsp3) is 0.300. The highest BCUT2D eigenvalue weighted by Gasteiger charge is 2.15. The minimum Gasteiger partial charge on any atom is -0.460 e. The lowest BCUT2D eigenvalue weighted by Crippen LogP contribution is -2.33. The van der Waals surface area contributed by atoms with Crippen LogP contribution in [0.2, 0.25) is 0 Å². The molecule has 3 N–H and O–H groups in total. The third-order valence-corrected chi connectivity index (χ3v) is 3.70. The van der Waals surface area contributed by atoms with Crippen LogP contribution in [0.4, 0.5) is 4.79 Å². The summed E-state index contributed by atoms with van der Waals surface area (Å²) in [6.07, 6.45) is 0.489. The van der Waals surface area contributed by atoms with Crippen molar-refractivity contribution in [2.45, 2.75) is 32.1 Å². The van der Waals surface area contributed by atoms with Crippen molar-refractivity contribution in [3.05, 3.63) is 71.8 Å². The molecule has 2 aromatic carbocycles. The van der Waals surface area contributed by atoms with Gasteiger partial charge in [-0.2, -0.15) is 0 Å². The van der Waals surface area contributed by atoms with Crippen LogP contribution in [0.1, 0.15) is 24.0 Å². The van der Waals surface area contributed by atoms with Crippen LogP contribution in [0.25, 0.3) is 0 Å². The maximum Gasteiger partial charge on any atom is 0.407 e. The summed E-state index contributed by atoms with van der Waals surface area (Å²) in [7, 11) is 0. The van der Waals surface area contributed by atoms with E-state index in [4.69, 9.17) is 15.2 Å². The molecule has 26 heavy (non-hydrogen) atoms. The van der Waals surface area contributed by atoms with Crippen LogP contribution >= 0.6 is 0 Å². The van der Waals surface area contributed by atoms with Gasteiger partial charge >= 0.3 is 12.1 Å². The second-order valence-electron chi connectivity index (χ2n) is 5.83. The van der Waals surface area contributed by atoms with Gasteiger partial charge in [-0.25, -0.2) is 4.79 Å². The van der Waals surface area contributed by atoms with E-state index in [9.17, 15) is 9.59 Å². The Hall–Kier alpha value is -2.86. The molecule has 0 heterocycles. The number of hydrogen-bond acceptors (Lipinski definition) is 5. The van der Waals surface area contributed by atoms with Gasteiger partial charge in [0.1, 0.15) is 19.3 Å². The first-order valence-electron chi connectivity index (χ1n) is 8.56. The zero-order chi connectivity index (χ0) is 18.6. The van der Waals surface area contributed by atoms with Gasteiger partial charge in [-0.1, -0.05) is 60.7 Å². The first kappa shape index (κ1) is 19.5. The van der Waals surface area contributed by atoms with E-state index in [0.29, 0.717) is 19.4 Å². The van der Waals surface area contributed by atoms with E-state index in [-0.39, 0.29) is 13.2 Å². The Kier molecular flexibility index (Phi) is 8.15. The summed E-state index contributed by atoms with van der Waals surface area (Å²) >= 11 is 0. The molecule has 1 atom stereocenters. The molecule has 2 rings (SSSR count). The van der Waals surface area contributed by atoms with Gasteiger partial charge in [0.2, 0.25) is 0 Å². The number of esters is 1. The van der Waals surface area contributed by atoms with Crippen molar-refractivity contribution in [1.29, 1.82) is 0 Å². The number of amides is 1. The van der Waals surface area contributed by atoms with E-state index in [1.165, 1.54) is 0 Å². The molecule has 0 bridgehead atoms. The third kappa shape index (κ3) is 7.36. The molecule has 1 unspecified atom stereocenters. The molecule has 6 heteroatoms. The predicted octanol–water partition coefficient (Wildman–Crippen LogP) is 2.76. The smallest absolute Gasteiger partial charge is 0.407 e. The summed E-state index contributed by atoms with van der Waals surface area (Å²) in [5.74, 6) is -0.444. The van der Waals surface area contributed by atoms with Gasteiger partial charge in [-0.3, -0.25) is 4.79 Å². The molecule has 138 valence electrons. The number of benzene rings is 2. The van der Waals surface area contributed by atoms with Gasteiger partial charge in [0, 0.05) is 6.54 Å². The first-order chi connectivity index (χ1) is 12.6. The number of alkyl carbamates (subject to hydrolysis) is 1. The van der Waals surface area contributed by atoms with E-state index in [1.807, 2.05) is 60.7 Å². The monoisotopic (exact) mass is 356 g/mol. The molecule has 0 aliphatic carbocycles. The fourth-order valence-corrected chi connectivity index (χ4v) is 2.24. The average molecular weight is 356 g/mol. The summed E-state index contributed by atoms with van der Waals surface area (Å²) in [5, 5.41) is 2.64. The number of rotatable bonds is 9. The largest absolute Gasteiger partial charge is 0.460 e. The maximum absolute atomic E-state index is 11.8. The van der Waals surface area contributed by atoms with Crippen LogP contribution in [0.15, 0.2) is 60.7 Å². The maximum atomic E-state index is 11.8. The summed E-state index contributed by atoms with van der Waals surface area (Å²) in [5.41, 5.74) is 7.65. The molecular formula is C20H24N2O4. The lowest BCUT2D eigenvalue weighted by Gasteiger charge is -2.12. The molecule has 6 nitrogen and oxygen atoms in total. The van der Waals surface area contributed by atoms with Crippen LogP contribution in [-0.2, 0) is 27.5 Å². The molecule has 0 fully saturated rings. The van der Waals surface area contributed by atoms with Crippen molar-refractivity contribution in [2.75, 3.05) is 6.54 Å². The van der Waals surface area contributed by atoms with E-state index in [1.54, 1.807) is 0 Å². The van der Waals surface area contributed by atoms with Crippen LogP contribution in [0, 0.1) is 0 Å². The quantitative estimate of drug-likeness (QED) is 0.532. The van der Waals surface area contributed by atoms with Crippen molar-refractivity contribution < 1.29 is 19.1 Å². The molecule has 0 radical (unpaired) electrons. The molecule has 0 saturated carbocycles. The molecule has 0 spiro atoms. The highest BCUT2D eigenvalue weighted by atomic mass is 16.5. The van der Waals surface area contributed by atoms with Crippen molar-refractivity contribution in [2.24, 2.45) is 5.73 Å². The van der Waals surface area contributed by atoms with Gasteiger partial charge in [-0.05, 0) is 24.0 Å². The Morgan fingerprint density at radius 1 is 0.885 bits per heavy atom. The second-order valence-corrected chi connectivity index (χ2v) is 5.83. The Labute approximate surface area is 153 Å². The third-order valence-electron chi connectivity index (χ3n) is 3.70. The minimum absolute atomic E-state index is 0.206. The van der Waals surface area contributed by atoms with Crippen molar-refractivity contribution in [3.63, 3.8) is 0 Å². The molecule has 1 amide bonds. The number of nitrogens with one attached hydrogen (secondary N) is 1. The number of nitrogens with two attached hydrogens (primary N) is 1. The number of ether oxygens (including phenoxy) is 2. The van der Waals surface area contributed by atoms with Gasteiger partial charge < -0.3 is 20.5 Å². The fourth-order valence-electron chi connectivity index (χ4n) is 2.24. The predicted molar refractivity (Wildman–Crippen MR) is 98.1 cm³/mol. The molecule has 2 aromatic rings. The van der Waals surface area contributed by atoms with E-state index >= 15 is 0 Å². The summed E-state index contributed by atoms with van der Waals surface area (Å²) in [4.78, 5) is 23.4. The zero-order valence-corrected chi connectivity index (χ0v) is 14.6. The lowest BCUT2D eigenvalue weighted by molar-refractivity contribution is -0.146. The summed E-state index contributed by atoms with van der Waals surface area (Å²) in [6.45, 7) is 0.808. The van der Waals surface area contributed by atoms with Crippen LogP contribution in [0.3, 0.4) is 0 Å². The highest BCUT2D eigenvalue weighted by molar-refractivity contribution is 5.75. The number of carbonyl (C=O) groups is 2. The SMILES string of the molecule is NC(CCCNC(=O)OCc1ccccc1)C(=O)OCc1ccccc1. The molecule has 0 aliphatic rings. The van der Waals surface area contributed by atoms with Crippen molar-refractivity contribution in [1.82, 2.24) is 5.32 Å². The Morgan fingerprint density at radius 2 is 1.42 bits per heavy atom. The standard InChI is InChI=1S/C20H24N2O4/c21-18(19(23)25-14-16-8-3-1-4-9-16)12-7-13-22-20(24)26-15-17-10-5-2-6-11-17/h1-6,8-11,18H,7,12-15,21H2,(H,22,24). The second kappa shape index (κ2) is 10.9. The Bertz CT molecular complexity index is 677. The van der Waals surface area contributed by atoms with Crippen LogP contribution in [0.5, 0.6) is 0 Å². The molecular weight excluding hydrogens is 332 g/mol. The van der Waals surface area contributed by atoms with E-state index in [2.05, 4.69) is 5.32 Å². The Balaban J connectivity index is 1.55. The highest BCUT2D eigenvalue weighted by Crippen LogP contribution is 2.04. The van der Waals surface area contributed by atoms with Gasteiger partial charge in [-0.15, -0.1) is 0 Å². The topological polar surface area (TPSA) is 90.6 Å². The van der Waals surface area contributed by atoms with Gasteiger partial charge in [0.05, 0.1) is 0 Å². The molecule has 0 aromatic heterocycles. The Morgan fingerprint density at radius 3 is 2.00 bits per heavy atom. The van der Waals surface area contributed by atoms with E-state index in [0.717, 1.165) is 11.1 Å². The van der Waals surface area contributed by atoms with Gasteiger partial charge in [0.25, 0.3) is 0 Å². The summed E-state index contributed by atoms with van der Waals surface area (Å²) < 4.78 is 10.3. The number of hydrogen-bond donors (Lipinski definition) is 2. The van der Waals surface area contributed by atoms with Crippen molar-refractivity contribution >= 4 is 12.1 Å². The molecule has 0 saturated heterocycles. The van der Waals surface area contributed by atoms with Crippen LogP contribution < -0.4 is 11.1 Å². The summed E-state index contributed by atoms with van der Waals surface area (Å²) in [6, 6.07) is 18.1.